The van der Waals surface area contributed by atoms with Crippen molar-refractivity contribution in [3.8, 4) is 11.5 Å². The van der Waals surface area contributed by atoms with E-state index in [9.17, 15) is 9.59 Å². The Hall–Kier alpha value is -2.96. The number of nitrogens with zero attached hydrogens (tertiary/aromatic N) is 3. The zero-order valence-electron chi connectivity index (χ0n) is 19.1. The highest BCUT2D eigenvalue weighted by Gasteiger charge is 2.27. The topological polar surface area (TPSA) is 64.0 Å². The molecule has 0 radical (unpaired) electrons. The molecule has 0 aliphatic carbocycles. The lowest BCUT2D eigenvalue weighted by atomic mass is 10.1. The zero-order valence-corrected chi connectivity index (χ0v) is 19.1. The number of ether oxygens (including phenoxy) is 2. The minimum Gasteiger partial charge on any atom is -0.454 e. The van der Waals surface area contributed by atoms with E-state index in [0.29, 0.717) is 36.1 Å². The van der Waals surface area contributed by atoms with Gasteiger partial charge in [0.2, 0.25) is 12.7 Å². The molecule has 1 aliphatic rings. The predicted octanol–water partition coefficient (Wildman–Crippen LogP) is 3.68. The Balaban J connectivity index is 1.80. The van der Waals surface area contributed by atoms with Gasteiger partial charge in [-0.15, -0.1) is 0 Å². The Morgan fingerprint density at radius 3 is 2.52 bits per heavy atom. The lowest BCUT2D eigenvalue weighted by Crippen LogP contribution is -2.47. The van der Waals surface area contributed by atoms with Crippen LogP contribution in [-0.2, 0) is 18.4 Å². The summed E-state index contributed by atoms with van der Waals surface area (Å²) in [6, 6.07) is 9.09. The average molecular weight is 428 g/mol. The van der Waals surface area contributed by atoms with Crippen LogP contribution in [0.15, 0.2) is 36.5 Å². The van der Waals surface area contributed by atoms with Crippen molar-refractivity contribution in [3.63, 3.8) is 0 Å². The molecule has 1 aromatic heterocycles. The van der Waals surface area contributed by atoms with Crippen molar-refractivity contribution in [2.45, 2.75) is 46.7 Å². The number of aromatic nitrogens is 1. The molecule has 1 aromatic carbocycles. The normalized spacial score (nSPS) is 13.4. The summed E-state index contributed by atoms with van der Waals surface area (Å²) in [6.45, 7) is 9.53. The van der Waals surface area contributed by atoms with Crippen molar-refractivity contribution in [1.29, 1.82) is 0 Å². The van der Waals surface area contributed by atoms with Crippen molar-refractivity contribution in [3.05, 3.63) is 47.8 Å². The summed E-state index contributed by atoms with van der Waals surface area (Å²) in [6.07, 6.45) is 2.73. The van der Waals surface area contributed by atoms with Gasteiger partial charge in [0.25, 0.3) is 5.91 Å². The van der Waals surface area contributed by atoms with Gasteiger partial charge < -0.3 is 23.8 Å². The number of hydrogen-bond acceptors (Lipinski definition) is 4. The van der Waals surface area contributed by atoms with Gasteiger partial charge >= 0.3 is 0 Å². The van der Waals surface area contributed by atoms with Crippen LogP contribution in [0.1, 0.15) is 50.2 Å². The number of carbonyl (C=O) groups is 2. The second kappa shape index (κ2) is 9.90. The van der Waals surface area contributed by atoms with Crippen molar-refractivity contribution >= 4 is 11.8 Å². The molecular formula is C24H33N3O4. The van der Waals surface area contributed by atoms with Gasteiger partial charge in [0, 0.05) is 37.1 Å². The van der Waals surface area contributed by atoms with Crippen LogP contribution in [0.5, 0.6) is 11.5 Å². The van der Waals surface area contributed by atoms with Crippen molar-refractivity contribution in [2.75, 3.05) is 19.9 Å². The monoisotopic (exact) mass is 427 g/mol. The number of hydrogen-bond donors (Lipinski definition) is 0. The third-order valence-electron chi connectivity index (χ3n) is 5.65. The lowest BCUT2D eigenvalue weighted by molar-refractivity contribution is -0.133. The van der Waals surface area contributed by atoms with Crippen LogP contribution in [0.4, 0.5) is 0 Å². The molecule has 1 atom stereocenters. The molecule has 7 nitrogen and oxygen atoms in total. The van der Waals surface area contributed by atoms with E-state index in [1.807, 2.05) is 48.7 Å². The van der Waals surface area contributed by atoms with Crippen LogP contribution < -0.4 is 9.47 Å². The molecule has 0 saturated carbocycles. The summed E-state index contributed by atoms with van der Waals surface area (Å²) in [5.41, 5.74) is 1.56. The van der Waals surface area contributed by atoms with Gasteiger partial charge in [0.15, 0.2) is 11.5 Å². The number of fused-ring (bicyclic) bond motifs is 1. The fourth-order valence-electron chi connectivity index (χ4n) is 3.64. The Kier molecular flexibility index (Phi) is 7.25. The fourth-order valence-corrected chi connectivity index (χ4v) is 3.64. The van der Waals surface area contributed by atoms with Crippen molar-refractivity contribution in [1.82, 2.24) is 14.4 Å². The molecule has 168 valence electrons. The van der Waals surface area contributed by atoms with E-state index in [1.165, 1.54) is 0 Å². The van der Waals surface area contributed by atoms with Gasteiger partial charge in [-0.25, -0.2) is 0 Å². The van der Waals surface area contributed by atoms with E-state index in [1.54, 1.807) is 23.1 Å². The van der Waals surface area contributed by atoms with Gasteiger partial charge in [-0.2, -0.15) is 0 Å². The first-order valence-electron chi connectivity index (χ1n) is 10.9. The molecule has 3 rings (SSSR count). The second-order valence-electron chi connectivity index (χ2n) is 8.54. The van der Waals surface area contributed by atoms with Gasteiger partial charge in [-0.1, -0.05) is 20.8 Å². The average Bonchev–Trinajstić information content (AvgIpc) is 3.38. The van der Waals surface area contributed by atoms with Crippen molar-refractivity contribution in [2.24, 2.45) is 13.0 Å². The van der Waals surface area contributed by atoms with Crippen LogP contribution in [0, 0.1) is 5.92 Å². The molecule has 1 unspecified atom stereocenters. The van der Waals surface area contributed by atoms with E-state index in [0.717, 1.165) is 12.1 Å². The Morgan fingerprint density at radius 2 is 1.87 bits per heavy atom. The molecule has 0 spiro atoms. The van der Waals surface area contributed by atoms with Gasteiger partial charge in [0.1, 0.15) is 6.54 Å². The minimum absolute atomic E-state index is 0.0411. The summed E-state index contributed by atoms with van der Waals surface area (Å²) < 4.78 is 12.8. The quantitative estimate of drug-likeness (QED) is 0.612. The summed E-state index contributed by atoms with van der Waals surface area (Å²) in [4.78, 5) is 30.2. The predicted molar refractivity (Wildman–Crippen MR) is 119 cm³/mol. The maximum Gasteiger partial charge on any atom is 0.254 e. The van der Waals surface area contributed by atoms with Crippen LogP contribution in [-0.4, -0.2) is 52.1 Å². The summed E-state index contributed by atoms with van der Waals surface area (Å²) in [7, 11) is 1.97. The van der Waals surface area contributed by atoms with Gasteiger partial charge in [-0.05, 0) is 49.6 Å². The summed E-state index contributed by atoms with van der Waals surface area (Å²) >= 11 is 0. The standard InChI is InChI=1S/C24H33N3O4/c1-6-18(4)27(24(29)19-9-10-21-22(12-19)31-16-30-21)15-23(28)26(13-17(2)3)14-20-8-7-11-25(20)5/h7-12,17-18H,6,13-16H2,1-5H3. The first-order valence-corrected chi connectivity index (χ1v) is 10.9. The van der Waals surface area contributed by atoms with Crippen LogP contribution >= 0.6 is 0 Å². The SMILES string of the molecule is CCC(C)N(CC(=O)N(Cc1cccn1C)CC(C)C)C(=O)c1ccc2c(c1)OCO2. The highest BCUT2D eigenvalue weighted by Crippen LogP contribution is 2.33. The highest BCUT2D eigenvalue weighted by atomic mass is 16.7. The van der Waals surface area contributed by atoms with E-state index < -0.39 is 0 Å². The molecule has 0 N–H and O–H groups in total. The maximum absolute atomic E-state index is 13.4. The zero-order chi connectivity index (χ0) is 22.5. The van der Waals surface area contributed by atoms with Crippen LogP contribution in [0.25, 0.3) is 0 Å². The summed E-state index contributed by atoms with van der Waals surface area (Å²) in [5.74, 6) is 1.29. The number of carbonyl (C=O) groups excluding carboxylic acids is 2. The molecule has 2 amide bonds. The largest absolute Gasteiger partial charge is 0.454 e. The molecule has 31 heavy (non-hydrogen) atoms. The van der Waals surface area contributed by atoms with E-state index in [4.69, 9.17) is 9.47 Å². The van der Waals surface area contributed by atoms with E-state index >= 15 is 0 Å². The summed E-state index contributed by atoms with van der Waals surface area (Å²) in [5, 5.41) is 0. The second-order valence-corrected chi connectivity index (χ2v) is 8.54. The minimum atomic E-state index is -0.177. The van der Waals surface area contributed by atoms with E-state index in [-0.39, 0.29) is 31.2 Å². The fraction of sp³-hybridized carbons (Fsp3) is 0.500. The molecular weight excluding hydrogens is 394 g/mol. The molecule has 7 heteroatoms. The van der Waals surface area contributed by atoms with E-state index in [2.05, 4.69) is 13.8 Å². The van der Waals surface area contributed by atoms with Gasteiger partial charge in [-0.3, -0.25) is 9.59 Å². The highest BCUT2D eigenvalue weighted by molar-refractivity contribution is 5.97. The van der Waals surface area contributed by atoms with Crippen molar-refractivity contribution < 1.29 is 19.1 Å². The maximum atomic E-state index is 13.4. The molecule has 1 aliphatic heterocycles. The molecule has 0 saturated heterocycles. The molecule has 0 fully saturated rings. The number of rotatable bonds is 9. The molecule has 2 aromatic rings. The van der Waals surface area contributed by atoms with Crippen LogP contribution in [0.2, 0.25) is 0 Å². The third-order valence-corrected chi connectivity index (χ3v) is 5.65. The number of aryl methyl sites for hydroxylation is 1. The Bertz CT molecular complexity index is 921. The first-order chi connectivity index (χ1) is 14.8. The van der Waals surface area contributed by atoms with Crippen LogP contribution in [0.3, 0.4) is 0 Å². The molecule has 0 bridgehead atoms. The van der Waals surface area contributed by atoms with Gasteiger partial charge in [0.05, 0.1) is 6.54 Å². The first kappa shape index (κ1) is 22.7. The third kappa shape index (κ3) is 5.40. The number of amides is 2. The number of benzene rings is 1. The lowest BCUT2D eigenvalue weighted by Gasteiger charge is -2.32. The molecule has 2 heterocycles. The smallest absolute Gasteiger partial charge is 0.254 e. The Labute approximate surface area is 184 Å². The Morgan fingerprint density at radius 1 is 1.13 bits per heavy atom.